The molecule has 0 bridgehead atoms. The predicted octanol–water partition coefficient (Wildman–Crippen LogP) is 3.83. The summed E-state index contributed by atoms with van der Waals surface area (Å²) in [5, 5.41) is 11.0. The Kier molecular flexibility index (Phi) is 8.69. The first-order chi connectivity index (χ1) is 13.5. The Bertz CT molecular complexity index is 754. The van der Waals surface area contributed by atoms with Crippen LogP contribution in [0.25, 0.3) is 11.1 Å². The maximum Gasteiger partial charge on any atom is 0.322 e. The molecule has 0 heterocycles. The lowest BCUT2D eigenvalue weighted by Crippen LogP contribution is -2.29. The van der Waals surface area contributed by atoms with Crippen molar-refractivity contribution in [1.82, 2.24) is 10.2 Å². The van der Waals surface area contributed by atoms with E-state index >= 15 is 0 Å². The second-order valence-corrected chi connectivity index (χ2v) is 6.89. The standard InChI is InChI=1S/C23H30N2O3/c1-3-5-15-25(4-2)16-14-18-6-8-19(9-7-18)20-10-12-21(13-11-20)23(28)24-17-22(26)27/h6-13H,3-5,14-17H2,1-2H3,(H,24,28)(H,26,27). The van der Waals surface area contributed by atoms with Crippen molar-refractivity contribution < 1.29 is 14.7 Å². The van der Waals surface area contributed by atoms with E-state index in [1.165, 1.54) is 18.4 Å². The summed E-state index contributed by atoms with van der Waals surface area (Å²) in [6.45, 7) is 7.39. The summed E-state index contributed by atoms with van der Waals surface area (Å²) in [5.41, 5.74) is 3.90. The molecule has 2 aromatic rings. The third-order valence-corrected chi connectivity index (χ3v) is 4.83. The largest absolute Gasteiger partial charge is 0.480 e. The average Bonchev–Trinajstić information content (AvgIpc) is 2.72. The average molecular weight is 383 g/mol. The van der Waals surface area contributed by atoms with Crippen molar-refractivity contribution in [3.05, 3.63) is 59.7 Å². The summed E-state index contributed by atoms with van der Waals surface area (Å²) in [4.78, 5) is 24.9. The van der Waals surface area contributed by atoms with Crippen molar-refractivity contribution in [2.75, 3.05) is 26.2 Å². The van der Waals surface area contributed by atoms with Crippen molar-refractivity contribution in [3.63, 3.8) is 0 Å². The zero-order valence-corrected chi connectivity index (χ0v) is 16.8. The van der Waals surface area contributed by atoms with Gasteiger partial charge in [0.05, 0.1) is 0 Å². The van der Waals surface area contributed by atoms with Crippen LogP contribution >= 0.6 is 0 Å². The molecule has 0 spiro atoms. The fourth-order valence-corrected chi connectivity index (χ4v) is 3.03. The second-order valence-electron chi connectivity index (χ2n) is 6.89. The minimum Gasteiger partial charge on any atom is -0.480 e. The highest BCUT2D eigenvalue weighted by Crippen LogP contribution is 2.20. The van der Waals surface area contributed by atoms with Gasteiger partial charge in [-0.1, -0.05) is 56.7 Å². The summed E-state index contributed by atoms with van der Waals surface area (Å²) >= 11 is 0. The number of unbranched alkanes of at least 4 members (excludes halogenated alkanes) is 1. The van der Waals surface area contributed by atoms with Gasteiger partial charge in [0.25, 0.3) is 5.91 Å². The molecule has 0 aromatic heterocycles. The molecule has 5 heteroatoms. The molecule has 0 aliphatic rings. The number of hydrogen-bond donors (Lipinski definition) is 2. The second kappa shape index (κ2) is 11.2. The van der Waals surface area contributed by atoms with Gasteiger partial charge in [0.2, 0.25) is 0 Å². The van der Waals surface area contributed by atoms with Crippen LogP contribution in [0, 0.1) is 0 Å². The van der Waals surface area contributed by atoms with Gasteiger partial charge < -0.3 is 15.3 Å². The van der Waals surface area contributed by atoms with Crippen LogP contribution in [0.4, 0.5) is 0 Å². The summed E-state index contributed by atoms with van der Waals surface area (Å²) in [6.07, 6.45) is 3.52. The molecule has 28 heavy (non-hydrogen) atoms. The first kappa shape index (κ1) is 21.6. The van der Waals surface area contributed by atoms with Gasteiger partial charge in [0.1, 0.15) is 6.54 Å². The van der Waals surface area contributed by atoms with Crippen molar-refractivity contribution >= 4 is 11.9 Å². The molecule has 0 saturated heterocycles. The molecule has 2 aromatic carbocycles. The quantitative estimate of drug-likeness (QED) is 0.620. The number of benzene rings is 2. The number of aliphatic carboxylic acids is 1. The van der Waals surface area contributed by atoms with Crippen molar-refractivity contribution in [3.8, 4) is 11.1 Å². The number of carboxylic acids is 1. The molecule has 0 fully saturated rings. The Balaban J connectivity index is 1.93. The number of rotatable bonds is 11. The minimum absolute atomic E-state index is 0.379. The predicted molar refractivity (Wildman–Crippen MR) is 113 cm³/mol. The molecule has 0 radical (unpaired) electrons. The van der Waals surface area contributed by atoms with Gasteiger partial charge in [0, 0.05) is 12.1 Å². The summed E-state index contributed by atoms with van der Waals surface area (Å²) in [6, 6.07) is 15.7. The Hall–Kier alpha value is -2.66. The van der Waals surface area contributed by atoms with E-state index in [1.807, 2.05) is 12.1 Å². The summed E-state index contributed by atoms with van der Waals surface area (Å²) in [7, 11) is 0. The molecule has 0 atom stereocenters. The third kappa shape index (κ3) is 6.82. The van der Waals surface area contributed by atoms with Crippen LogP contribution < -0.4 is 5.32 Å². The summed E-state index contributed by atoms with van der Waals surface area (Å²) < 4.78 is 0. The molecule has 5 nitrogen and oxygen atoms in total. The number of likely N-dealkylation sites (N-methyl/N-ethyl adjacent to an activating group) is 1. The van der Waals surface area contributed by atoms with Crippen LogP contribution in [0.3, 0.4) is 0 Å². The van der Waals surface area contributed by atoms with Crippen molar-refractivity contribution in [1.29, 1.82) is 0 Å². The van der Waals surface area contributed by atoms with E-state index in [-0.39, 0.29) is 12.5 Å². The van der Waals surface area contributed by atoms with Gasteiger partial charge in [-0.3, -0.25) is 9.59 Å². The van der Waals surface area contributed by atoms with Crippen LogP contribution in [0.5, 0.6) is 0 Å². The Labute approximate surface area is 167 Å². The lowest BCUT2D eigenvalue weighted by atomic mass is 10.0. The van der Waals surface area contributed by atoms with Crippen molar-refractivity contribution in [2.45, 2.75) is 33.1 Å². The van der Waals surface area contributed by atoms with Crippen LogP contribution in [0.1, 0.15) is 42.6 Å². The van der Waals surface area contributed by atoms with E-state index in [0.717, 1.165) is 37.2 Å². The zero-order chi connectivity index (χ0) is 20.4. The van der Waals surface area contributed by atoms with Gasteiger partial charge in [-0.05, 0) is 54.8 Å². The zero-order valence-electron chi connectivity index (χ0n) is 16.8. The molecule has 0 unspecified atom stereocenters. The van der Waals surface area contributed by atoms with E-state index in [2.05, 4.69) is 48.3 Å². The SMILES string of the molecule is CCCCN(CC)CCc1ccc(-c2ccc(C(=O)NCC(=O)O)cc2)cc1. The number of nitrogens with zero attached hydrogens (tertiary/aromatic N) is 1. The van der Waals surface area contributed by atoms with E-state index in [0.29, 0.717) is 5.56 Å². The molecule has 0 aliphatic carbocycles. The Morgan fingerprint density at radius 1 is 0.929 bits per heavy atom. The van der Waals surface area contributed by atoms with Gasteiger partial charge >= 0.3 is 5.97 Å². The smallest absolute Gasteiger partial charge is 0.322 e. The molecule has 0 saturated carbocycles. The van der Waals surface area contributed by atoms with Gasteiger partial charge in [-0.2, -0.15) is 0 Å². The number of hydrogen-bond acceptors (Lipinski definition) is 3. The van der Waals surface area contributed by atoms with E-state index in [9.17, 15) is 9.59 Å². The van der Waals surface area contributed by atoms with Gasteiger partial charge in [-0.25, -0.2) is 0 Å². The van der Waals surface area contributed by atoms with Crippen LogP contribution in [-0.4, -0.2) is 48.1 Å². The Morgan fingerprint density at radius 2 is 1.54 bits per heavy atom. The van der Waals surface area contributed by atoms with Crippen LogP contribution in [0.2, 0.25) is 0 Å². The lowest BCUT2D eigenvalue weighted by molar-refractivity contribution is -0.135. The number of carboxylic acid groups (broad SMARTS) is 1. The molecule has 0 aliphatic heterocycles. The Morgan fingerprint density at radius 3 is 2.07 bits per heavy atom. The molecular formula is C23H30N2O3. The van der Waals surface area contributed by atoms with E-state index in [4.69, 9.17) is 5.11 Å². The minimum atomic E-state index is -1.06. The normalized spacial score (nSPS) is 10.8. The van der Waals surface area contributed by atoms with Crippen LogP contribution in [-0.2, 0) is 11.2 Å². The maximum absolute atomic E-state index is 11.9. The molecular weight excluding hydrogens is 352 g/mol. The first-order valence-corrected chi connectivity index (χ1v) is 9.95. The molecule has 1 amide bonds. The molecule has 150 valence electrons. The number of carbonyl (C=O) groups is 2. The van der Waals surface area contributed by atoms with Crippen LogP contribution in [0.15, 0.2) is 48.5 Å². The first-order valence-electron chi connectivity index (χ1n) is 9.95. The van der Waals surface area contributed by atoms with Gasteiger partial charge in [-0.15, -0.1) is 0 Å². The van der Waals surface area contributed by atoms with E-state index in [1.54, 1.807) is 12.1 Å². The lowest BCUT2D eigenvalue weighted by Gasteiger charge is -2.20. The number of carbonyl (C=O) groups excluding carboxylic acids is 1. The highest BCUT2D eigenvalue weighted by atomic mass is 16.4. The van der Waals surface area contributed by atoms with Gasteiger partial charge in [0.15, 0.2) is 0 Å². The fraction of sp³-hybridized carbons (Fsp3) is 0.391. The highest BCUT2D eigenvalue weighted by molar-refractivity contribution is 5.96. The van der Waals surface area contributed by atoms with Crippen molar-refractivity contribution in [2.24, 2.45) is 0 Å². The highest BCUT2D eigenvalue weighted by Gasteiger charge is 2.08. The number of amides is 1. The summed E-state index contributed by atoms with van der Waals surface area (Å²) in [5.74, 6) is -1.44. The topological polar surface area (TPSA) is 69.6 Å². The maximum atomic E-state index is 11.9. The number of nitrogens with one attached hydrogen (secondary N) is 1. The fourth-order valence-electron chi connectivity index (χ4n) is 3.03. The third-order valence-electron chi connectivity index (χ3n) is 4.83. The monoisotopic (exact) mass is 382 g/mol. The molecule has 2 rings (SSSR count). The molecule has 2 N–H and O–H groups in total. The van der Waals surface area contributed by atoms with E-state index < -0.39 is 5.97 Å².